The van der Waals surface area contributed by atoms with Gasteiger partial charge in [-0.3, -0.25) is 14.6 Å². The van der Waals surface area contributed by atoms with E-state index in [1.165, 1.54) is 12.1 Å². The Morgan fingerprint density at radius 1 is 0.964 bits per heavy atom. The molecule has 0 bridgehead atoms. The number of nitrogens with zero attached hydrogens (tertiary/aromatic N) is 2. The second-order valence-corrected chi connectivity index (χ2v) is 8.08. The number of benzene rings is 2. The average Bonchev–Trinajstić information content (AvgIpc) is 2.85. The zero-order valence-electron chi connectivity index (χ0n) is 15.2. The van der Waals surface area contributed by atoms with Crippen molar-refractivity contribution in [3.63, 3.8) is 0 Å². The monoisotopic (exact) mass is 443 g/mol. The van der Waals surface area contributed by atoms with Gasteiger partial charge in [0, 0.05) is 24.7 Å². The van der Waals surface area contributed by atoms with E-state index < -0.39 is 0 Å². The first-order valence-electron chi connectivity index (χ1n) is 9.04. The number of anilines is 1. The van der Waals surface area contributed by atoms with Gasteiger partial charge in [-0.05, 0) is 49.3 Å². The second-order valence-electron chi connectivity index (χ2n) is 6.82. The van der Waals surface area contributed by atoms with E-state index in [0.717, 1.165) is 44.7 Å². The lowest BCUT2D eigenvalue weighted by Gasteiger charge is -2.21. The minimum absolute atomic E-state index is 0.168. The summed E-state index contributed by atoms with van der Waals surface area (Å²) in [7, 11) is 0. The van der Waals surface area contributed by atoms with Crippen LogP contribution in [0.1, 0.15) is 12.0 Å². The maximum Gasteiger partial charge on any atom is 0.238 e. The summed E-state index contributed by atoms with van der Waals surface area (Å²) in [5.74, 6) is -0.393. The highest BCUT2D eigenvalue weighted by molar-refractivity contribution is 6.42. The van der Waals surface area contributed by atoms with Gasteiger partial charge >= 0.3 is 0 Å². The molecule has 0 aliphatic carbocycles. The van der Waals surface area contributed by atoms with Gasteiger partial charge in [-0.15, -0.1) is 0 Å². The van der Waals surface area contributed by atoms with Crippen molar-refractivity contribution in [1.82, 2.24) is 9.80 Å². The summed E-state index contributed by atoms with van der Waals surface area (Å²) < 4.78 is 13.0. The van der Waals surface area contributed by atoms with Crippen molar-refractivity contribution in [2.24, 2.45) is 0 Å². The highest BCUT2D eigenvalue weighted by Gasteiger charge is 2.18. The van der Waals surface area contributed by atoms with Crippen molar-refractivity contribution < 1.29 is 9.18 Å². The van der Waals surface area contributed by atoms with Gasteiger partial charge in [0.1, 0.15) is 5.82 Å². The fraction of sp³-hybridized carbons (Fsp3) is 0.350. The van der Waals surface area contributed by atoms with Gasteiger partial charge in [0.15, 0.2) is 0 Å². The van der Waals surface area contributed by atoms with Crippen molar-refractivity contribution in [2.45, 2.75) is 13.0 Å². The van der Waals surface area contributed by atoms with Crippen molar-refractivity contribution in [3.05, 3.63) is 62.8 Å². The summed E-state index contributed by atoms with van der Waals surface area (Å²) in [5.41, 5.74) is 1.46. The van der Waals surface area contributed by atoms with Gasteiger partial charge in [-0.25, -0.2) is 4.39 Å². The average molecular weight is 445 g/mol. The fourth-order valence-electron chi connectivity index (χ4n) is 3.23. The molecular formula is C20H21Cl3FN3O. The van der Waals surface area contributed by atoms with Gasteiger partial charge in [0.2, 0.25) is 5.91 Å². The van der Waals surface area contributed by atoms with E-state index in [2.05, 4.69) is 15.1 Å². The molecule has 1 amide bonds. The Balaban J connectivity index is 1.51. The molecule has 2 aromatic rings. The van der Waals surface area contributed by atoms with E-state index in [-0.39, 0.29) is 18.3 Å². The largest absolute Gasteiger partial charge is 0.322 e. The van der Waals surface area contributed by atoms with E-state index in [1.54, 1.807) is 12.1 Å². The first-order valence-corrected chi connectivity index (χ1v) is 10.2. The summed E-state index contributed by atoms with van der Waals surface area (Å²) >= 11 is 18.2. The molecule has 2 aromatic carbocycles. The molecule has 1 N–H and O–H groups in total. The summed E-state index contributed by atoms with van der Waals surface area (Å²) in [6.45, 7) is 4.42. The van der Waals surface area contributed by atoms with Crippen LogP contribution in [0.5, 0.6) is 0 Å². The van der Waals surface area contributed by atoms with Crippen LogP contribution in [0.25, 0.3) is 0 Å². The number of halogens is 4. The smallest absolute Gasteiger partial charge is 0.238 e. The summed E-state index contributed by atoms with van der Waals surface area (Å²) in [6.07, 6.45) is 0.955. The summed E-state index contributed by atoms with van der Waals surface area (Å²) in [5, 5.41) is 3.82. The molecular weight excluding hydrogens is 424 g/mol. The van der Waals surface area contributed by atoms with Crippen molar-refractivity contribution in [2.75, 3.05) is 38.0 Å². The number of carbonyl (C=O) groups is 1. The summed E-state index contributed by atoms with van der Waals surface area (Å²) in [6, 6.07) is 9.68. The number of nitrogens with one attached hydrogen (secondary N) is 1. The number of hydrogen-bond donors (Lipinski definition) is 1. The number of hydrogen-bond acceptors (Lipinski definition) is 3. The van der Waals surface area contributed by atoms with Crippen molar-refractivity contribution in [1.29, 1.82) is 0 Å². The Morgan fingerprint density at radius 2 is 1.57 bits per heavy atom. The van der Waals surface area contributed by atoms with Gasteiger partial charge in [0.25, 0.3) is 0 Å². The van der Waals surface area contributed by atoms with Crippen LogP contribution in [0.15, 0.2) is 36.4 Å². The van der Waals surface area contributed by atoms with Gasteiger partial charge in [0.05, 0.1) is 22.3 Å². The van der Waals surface area contributed by atoms with Crippen LogP contribution in [-0.2, 0) is 11.3 Å². The van der Waals surface area contributed by atoms with Crippen LogP contribution < -0.4 is 5.32 Å². The topological polar surface area (TPSA) is 35.6 Å². The molecule has 1 heterocycles. The first kappa shape index (κ1) is 21.3. The Hall–Kier alpha value is -1.37. The highest BCUT2D eigenvalue weighted by Crippen LogP contribution is 2.33. The molecule has 0 aromatic heterocycles. The molecule has 0 radical (unpaired) electrons. The summed E-state index contributed by atoms with van der Waals surface area (Å²) in [4.78, 5) is 16.9. The Labute approximate surface area is 179 Å². The van der Waals surface area contributed by atoms with Crippen LogP contribution in [0.2, 0.25) is 15.1 Å². The van der Waals surface area contributed by atoms with Crippen LogP contribution >= 0.6 is 34.8 Å². The van der Waals surface area contributed by atoms with Crippen molar-refractivity contribution >= 4 is 46.4 Å². The van der Waals surface area contributed by atoms with E-state index in [0.29, 0.717) is 20.8 Å². The van der Waals surface area contributed by atoms with Crippen LogP contribution in [0.3, 0.4) is 0 Å². The molecule has 1 aliphatic heterocycles. The molecule has 0 atom stereocenters. The lowest BCUT2D eigenvalue weighted by molar-refractivity contribution is -0.117. The Kier molecular flexibility index (Phi) is 7.55. The number of carbonyl (C=O) groups excluding carboxylic acids is 1. The quantitative estimate of drug-likeness (QED) is 0.710. The third-order valence-electron chi connectivity index (χ3n) is 4.64. The highest BCUT2D eigenvalue weighted by atomic mass is 35.5. The molecule has 1 aliphatic rings. The van der Waals surface area contributed by atoms with E-state index >= 15 is 0 Å². The molecule has 0 saturated carbocycles. The van der Waals surface area contributed by atoms with E-state index in [4.69, 9.17) is 34.8 Å². The number of amides is 1. The zero-order chi connectivity index (χ0) is 20.1. The second kappa shape index (κ2) is 9.90. The molecule has 1 saturated heterocycles. The zero-order valence-corrected chi connectivity index (χ0v) is 17.5. The molecule has 3 rings (SSSR count). The van der Waals surface area contributed by atoms with Crippen molar-refractivity contribution in [3.8, 4) is 0 Å². The fourth-order valence-corrected chi connectivity index (χ4v) is 4.14. The lowest BCUT2D eigenvalue weighted by atomic mass is 10.2. The minimum Gasteiger partial charge on any atom is -0.322 e. The standard InChI is InChI=1S/C20H21Cl3FN3O/c21-15-10-17(22)20(18(23)11-15)25-19(28)13-27-7-1-6-26(8-9-27)12-14-2-4-16(24)5-3-14/h2-5,10-11H,1,6-9,12-13H2,(H,25,28). The molecule has 4 nitrogen and oxygen atoms in total. The molecule has 1 fully saturated rings. The van der Waals surface area contributed by atoms with Crippen LogP contribution in [0.4, 0.5) is 10.1 Å². The third kappa shape index (κ3) is 6.06. The Morgan fingerprint density at radius 3 is 2.25 bits per heavy atom. The van der Waals surface area contributed by atoms with E-state index in [1.807, 2.05) is 12.1 Å². The SMILES string of the molecule is O=C(CN1CCCN(Cc2ccc(F)cc2)CC1)Nc1c(Cl)cc(Cl)cc1Cl. The predicted molar refractivity (Wildman–Crippen MR) is 113 cm³/mol. The maximum atomic E-state index is 13.0. The molecule has 0 spiro atoms. The van der Waals surface area contributed by atoms with E-state index in [9.17, 15) is 9.18 Å². The predicted octanol–water partition coefficient (Wildman–Crippen LogP) is 4.93. The minimum atomic E-state index is -0.224. The maximum absolute atomic E-state index is 13.0. The lowest BCUT2D eigenvalue weighted by Crippen LogP contribution is -2.36. The third-order valence-corrected chi connectivity index (χ3v) is 5.45. The van der Waals surface area contributed by atoms with Gasteiger partial charge in [-0.2, -0.15) is 0 Å². The normalized spacial score (nSPS) is 16.0. The van der Waals surface area contributed by atoms with Crippen LogP contribution in [-0.4, -0.2) is 48.4 Å². The first-order chi connectivity index (χ1) is 13.4. The van der Waals surface area contributed by atoms with Gasteiger partial charge in [-0.1, -0.05) is 46.9 Å². The van der Waals surface area contributed by atoms with Crippen LogP contribution in [0, 0.1) is 5.82 Å². The molecule has 28 heavy (non-hydrogen) atoms. The molecule has 150 valence electrons. The molecule has 0 unspecified atom stereocenters. The van der Waals surface area contributed by atoms with Gasteiger partial charge < -0.3 is 5.32 Å². The Bertz CT molecular complexity index is 809. The molecule has 8 heteroatoms. The number of rotatable bonds is 5.